The highest BCUT2D eigenvalue weighted by molar-refractivity contribution is 8.55. The van der Waals surface area contributed by atoms with Gasteiger partial charge in [-0.25, -0.2) is 4.67 Å². The van der Waals surface area contributed by atoms with Gasteiger partial charge in [-0.1, -0.05) is 39.1 Å². The number of likely N-dealkylation sites (N-methyl/N-ethyl adjacent to an activating group) is 1. The zero-order valence-corrected chi connectivity index (χ0v) is 15.8. The molecule has 0 aromatic carbocycles. The molecule has 1 atom stereocenters. The van der Waals surface area contributed by atoms with E-state index in [1.807, 2.05) is 25.7 Å². The smallest absolute Gasteiger partial charge is 0.329 e. The van der Waals surface area contributed by atoms with E-state index in [0.29, 0.717) is 18.9 Å². The summed E-state index contributed by atoms with van der Waals surface area (Å²) in [5.41, 5.74) is 0. The number of hydrogen-bond donors (Lipinski definition) is 0. The van der Waals surface area contributed by atoms with Crippen LogP contribution in [-0.4, -0.2) is 54.0 Å². The van der Waals surface area contributed by atoms with E-state index in [2.05, 4.69) is 13.8 Å². The Morgan fingerprint density at radius 3 is 2.05 bits per heavy atom. The van der Waals surface area contributed by atoms with Crippen LogP contribution in [-0.2, 0) is 13.9 Å². The van der Waals surface area contributed by atoms with Gasteiger partial charge in [0.2, 0.25) is 5.91 Å². The molecule has 1 amide bonds. The van der Waals surface area contributed by atoms with Crippen molar-refractivity contribution in [2.24, 2.45) is 0 Å². The topological polar surface area (TPSA) is 49.9 Å². The lowest BCUT2D eigenvalue weighted by Gasteiger charge is -2.30. The highest BCUT2D eigenvalue weighted by Gasteiger charge is 2.33. The third-order valence-electron chi connectivity index (χ3n) is 2.95. The minimum Gasteiger partial charge on any atom is -0.342 e. The van der Waals surface area contributed by atoms with Gasteiger partial charge in [-0.05, 0) is 19.8 Å². The summed E-state index contributed by atoms with van der Waals surface area (Å²) in [7, 11) is 0. The van der Waals surface area contributed by atoms with Crippen molar-refractivity contribution in [3.8, 4) is 0 Å². The van der Waals surface area contributed by atoms with E-state index < -0.39 is 6.72 Å². The van der Waals surface area contributed by atoms with Gasteiger partial charge in [0.05, 0.1) is 13.2 Å². The minimum atomic E-state index is -2.96. The van der Waals surface area contributed by atoms with Crippen molar-refractivity contribution < 1.29 is 13.9 Å². The molecule has 0 saturated carbocycles. The maximum Gasteiger partial charge on any atom is 0.329 e. The van der Waals surface area contributed by atoms with Gasteiger partial charge >= 0.3 is 6.72 Å². The number of rotatable bonds is 12. The third kappa shape index (κ3) is 7.18. The number of hydrogen-bond acceptors (Lipinski definition) is 4. The Morgan fingerprint density at radius 1 is 1.10 bits per heavy atom. The lowest BCUT2D eigenvalue weighted by molar-refractivity contribution is -0.131. The Bertz CT molecular complexity index is 326. The summed E-state index contributed by atoms with van der Waals surface area (Å²) in [5.74, 6) is 0.743. The Hall–Kier alpha value is -0.0300. The molecule has 21 heavy (non-hydrogen) atoms. The fraction of sp³-hybridized carbons (Fsp3) is 0.929. The zero-order valence-electron chi connectivity index (χ0n) is 14.1. The van der Waals surface area contributed by atoms with Crippen molar-refractivity contribution >= 4 is 24.0 Å². The van der Waals surface area contributed by atoms with E-state index in [1.165, 1.54) is 11.4 Å². The molecular weight excluding hydrogens is 307 g/mol. The van der Waals surface area contributed by atoms with E-state index in [0.717, 1.165) is 25.9 Å². The summed E-state index contributed by atoms with van der Waals surface area (Å²) >= 11 is 1.30. The molecule has 0 bridgehead atoms. The maximum absolute atomic E-state index is 12.9. The van der Waals surface area contributed by atoms with E-state index >= 15 is 0 Å². The number of nitrogens with zero attached hydrogens (tertiary/aromatic N) is 2. The molecule has 0 aliphatic heterocycles. The summed E-state index contributed by atoms with van der Waals surface area (Å²) in [6.07, 6.45) is 1.87. The van der Waals surface area contributed by atoms with Gasteiger partial charge in [0.15, 0.2) is 0 Å². The lowest BCUT2D eigenvalue weighted by atomic mass is 10.3. The standard InChI is InChI=1S/C14H31N2O3PS/c1-6-11-15(12-7-2)14(17)13-16(8-3)20(18,19-9-4)21-10-5/h6-13H2,1-5H3. The van der Waals surface area contributed by atoms with E-state index in [-0.39, 0.29) is 12.5 Å². The molecule has 0 rings (SSSR count). The van der Waals surface area contributed by atoms with Crippen molar-refractivity contribution in [1.29, 1.82) is 0 Å². The van der Waals surface area contributed by atoms with Crippen LogP contribution in [0.4, 0.5) is 0 Å². The molecule has 0 fully saturated rings. The number of carbonyl (C=O) groups is 1. The third-order valence-corrected chi connectivity index (χ3v) is 8.00. The van der Waals surface area contributed by atoms with Crippen molar-refractivity contribution in [3.05, 3.63) is 0 Å². The van der Waals surface area contributed by atoms with Crippen LogP contribution < -0.4 is 0 Å². The second-order valence-corrected chi connectivity index (χ2v) is 9.42. The molecular formula is C14H31N2O3PS. The van der Waals surface area contributed by atoms with Crippen LogP contribution in [0.3, 0.4) is 0 Å². The van der Waals surface area contributed by atoms with Crippen LogP contribution in [0.1, 0.15) is 47.5 Å². The fourth-order valence-electron chi connectivity index (χ4n) is 2.06. The first-order chi connectivity index (χ1) is 9.98. The second kappa shape index (κ2) is 11.5. The number of amides is 1. The molecule has 126 valence electrons. The molecule has 0 spiro atoms. The van der Waals surface area contributed by atoms with Crippen molar-refractivity contribution in [3.63, 3.8) is 0 Å². The molecule has 0 aliphatic rings. The highest BCUT2D eigenvalue weighted by atomic mass is 32.7. The van der Waals surface area contributed by atoms with Crippen LogP contribution in [0, 0.1) is 0 Å². The van der Waals surface area contributed by atoms with Gasteiger partial charge in [-0.3, -0.25) is 9.36 Å². The zero-order chi connectivity index (χ0) is 16.3. The van der Waals surface area contributed by atoms with E-state index in [1.54, 1.807) is 4.67 Å². The van der Waals surface area contributed by atoms with Gasteiger partial charge in [-0.15, -0.1) is 0 Å². The van der Waals surface area contributed by atoms with Gasteiger partial charge < -0.3 is 9.42 Å². The van der Waals surface area contributed by atoms with Crippen LogP contribution in [0.25, 0.3) is 0 Å². The van der Waals surface area contributed by atoms with Crippen molar-refractivity contribution in [1.82, 2.24) is 9.57 Å². The monoisotopic (exact) mass is 338 g/mol. The summed E-state index contributed by atoms with van der Waals surface area (Å²) in [6.45, 7) is 9.47. The predicted octanol–water partition coefficient (Wildman–Crippen LogP) is 3.85. The van der Waals surface area contributed by atoms with Crippen molar-refractivity contribution in [2.75, 3.05) is 38.5 Å². The minimum absolute atomic E-state index is 0.0391. The quantitative estimate of drug-likeness (QED) is 0.506. The van der Waals surface area contributed by atoms with Gasteiger partial charge in [0.25, 0.3) is 0 Å². The molecule has 0 aromatic rings. The average Bonchev–Trinajstić information content (AvgIpc) is 2.44. The summed E-state index contributed by atoms with van der Waals surface area (Å²) in [5, 5.41) is 0. The largest absolute Gasteiger partial charge is 0.342 e. The summed E-state index contributed by atoms with van der Waals surface area (Å²) in [4.78, 5) is 14.3. The van der Waals surface area contributed by atoms with Crippen molar-refractivity contribution in [2.45, 2.75) is 47.5 Å². The highest BCUT2D eigenvalue weighted by Crippen LogP contribution is 2.62. The van der Waals surface area contributed by atoms with Crippen LogP contribution in [0.2, 0.25) is 0 Å². The summed E-state index contributed by atoms with van der Waals surface area (Å²) < 4.78 is 20.1. The van der Waals surface area contributed by atoms with E-state index in [9.17, 15) is 9.36 Å². The molecule has 0 radical (unpaired) electrons. The molecule has 0 N–H and O–H groups in total. The first-order valence-electron chi connectivity index (χ1n) is 7.91. The fourth-order valence-corrected chi connectivity index (χ4v) is 6.28. The molecule has 0 aliphatic carbocycles. The van der Waals surface area contributed by atoms with Gasteiger partial charge in [0, 0.05) is 25.4 Å². The molecule has 7 heteroatoms. The van der Waals surface area contributed by atoms with Gasteiger partial charge in [-0.2, -0.15) is 0 Å². The summed E-state index contributed by atoms with van der Waals surface area (Å²) in [6, 6.07) is 0. The normalized spacial score (nSPS) is 14.2. The molecule has 1 unspecified atom stereocenters. The van der Waals surface area contributed by atoms with Crippen LogP contribution in [0.5, 0.6) is 0 Å². The Labute approximate surface area is 134 Å². The number of carbonyl (C=O) groups excluding carboxylic acids is 1. The maximum atomic E-state index is 12.9. The second-order valence-electron chi connectivity index (χ2n) is 4.67. The van der Waals surface area contributed by atoms with E-state index in [4.69, 9.17) is 4.52 Å². The van der Waals surface area contributed by atoms with Crippen LogP contribution >= 0.6 is 18.1 Å². The molecule has 0 heterocycles. The molecule has 0 saturated heterocycles. The molecule has 5 nitrogen and oxygen atoms in total. The SMILES string of the molecule is CCCN(CCC)C(=O)CN(CC)P(=O)(OCC)SCC. The van der Waals surface area contributed by atoms with Crippen LogP contribution in [0.15, 0.2) is 0 Å². The Balaban J connectivity index is 4.92. The predicted molar refractivity (Wildman–Crippen MR) is 91.8 cm³/mol. The lowest BCUT2D eigenvalue weighted by Crippen LogP contribution is -2.40. The van der Waals surface area contributed by atoms with Gasteiger partial charge in [0.1, 0.15) is 0 Å². The molecule has 0 aromatic heterocycles. The average molecular weight is 338 g/mol. The Kier molecular flexibility index (Phi) is 11.5. The first-order valence-corrected chi connectivity index (χ1v) is 11.1. The Morgan fingerprint density at radius 2 is 1.67 bits per heavy atom. The first kappa shape index (κ1) is 21.0.